The Morgan fingerprint density at radius 1 is 1.12 bits per heavy atom. The SMILES string of the molecule is O=C/C(=C\c1ccnnc1)c1ccc(F)cc1. The second-order valence-corrected chi connectivity index (χ2v) is 3.40. The van der Waals surface area contributed by atoms with Crippen LogP contribution in [-0.2, 0) is 4.79 Å². The zero-order valence-corrected chi connectivity index (χ0v) is 8.88. The van der Waals surface area contributed by atoms with Crippen molar-refractivity contribution in [3.8, 4) is 0 Å². The van der Waals surface area contributed by atoms with E-state index in [-0.39, 0.29) is 5.82 Å². The monoisotopic (exact) mass is 228 g/mol. The summed E-state index contributed by atoms with van der Waals surface area (Å²) < 4.78 is 12.8. The second-order valence-electron chi connectivity index (χ2n) is 3.40. The molecule has 84 valence electrons. The summed E-state index contributed by atoms with van der Waals surface area (Å²) in [6, 6.07) is 7.49. The first-order chi connectivity index (χ1) is 8.29. The number of hydrogen-bond donors (Lipinski definition) is 0. The number of aromatic nitrogens is 2. The van der Waals surface area contributed by atoms with Crippen LogP contribution in [0.1, 0.15) is 11.1 Å². The van der Waals surface area contributed by atoms with Crippen LogP contribution in [0, 0.1) is 5.82 Å². The summed E-state index contributed by atoms with van der Waals surface area (Å²) in [5.74, 6) is -0.329. The fourth-order valence-electron chi connectivity index (χ4n) is 1.39. The third kappa shape index (κ3) is 2.81. The smallest absolute Gasteiger partial charge is 0.150 e. The van der Waals surface area contributed by atoms with Crippen LogP contribution < -0.4 is 0 Å². The minimum Gasteiger partial charge on any atom is -0.298 e. The average Bonchev–Trinajstić information content (AvgIpc) is 2.38. The Bertz CT molecular complexity index is 535. The van der Waals surface area contributed by atoms with Crippen molar-refractivity contribution >= 4 is 17.9 Å². The Kier molecular flexibility index (Phi) is 3.35. The van der Waals surface area contributed by atoms with Crippen molar-refractivity contribution in [2.75, 3.05) is 0 Å². The first kappa shape index (κ1) is 11.1. The van der Waals surface area contributed by atoms with E-state index < -0.39 is 0 Å². The van der Waals surface area contributed by atoms with E-state index >= 15 is 0 Å². The number of nitrogens with zero attached hydrogens (tertiary/aromatic N) is 2. The highest BCUT2D eigenvalue weighted by Gasteiger charge is 2.01. The number of halogens is 1. The van der Waals surface area contributed by atoms with E-state index in [9.17, 15) is 9.18 Å². The summed E-state index contributed by atoms with van der Waals surface area (Å²) in [6.45, 7) is 0. The van der Waals surface area contributed by atoms with Gasteiger partial charge in [0.25, 0.3) is 0 Å². The van der Waals surface area contributed by atoms with Gasteiger partial charge in [-0.05, 0) is 35.4 Å². The lowest BCUT2D eigenvalue weighted by molar-refractivity contribution is -0.103. The molecule has 0 unspecified atom stereocenters. The molecule has 4 heteroatoms. The Morgan fingerprint density at radius 3 is 2.47 bits per heavy atom. The van der Waals surface area contributed by atoms with Gasteiger partial charge in [-0.25, -0.2) is 4.39 Å². The molecule has 0 fully saturated rings. The molecule has 0 amide bonds. The Balaban J connectivity index is 2.37. The summed E-state index contributed by atoms with van der Waals surface area (Å²) in [7, 11) is 0. The molecule has 0 aliphatic heterocycles. The number of carbonyl (C=O) groups excluding carboxylic acids is 1. The van der Waals surface area contributed by atoms with Crippen LogP contribution in [0.5, 0.6) is 0 Å². The van der Waals surface area contributed by atoms with Gasteiger partial charge in [0.15, 0.2) is 6.29 Å². The summed E-state index contributed by atoms with van der Waals surface area (Å²) in [6.07, 6.45) is 5.49. The molecular formula is C13H9FN2O. The molecule has 0 saturated heterocycles. The van der Waals surface area contributed by atoms with E-state index in [1.807, 2.05) is 0 Å². The first-order valence-corrected chi connectivity index (χ1v) is 4.99. The average molecular weight is 228 g/mol. The number of benzene rings is 1. The summed E-state index contributed by atoms with van der Waals surface area (Å²) >= 11 is 0. The molecule has 2 rings (SSSR count). The molecular weight excluding hydrogens is 219 g/mol. The zero-order chi connectivity index (χ0) is 12.1. The maximum absolute atomic E-state index is 12.8. The van der Waals surface area contributed by atoms with Crippen LogP contribution in [0.3, 0.4) is 0 Å². The van der Waals surface area contributed by atoms with Gasteiger partial charge in [0.05, 0.1) is 12.4 Å². The first-order valence-electron chi connectivity index (χ1n) is 4.99. The van der Waals surface area contributed by atoms with E-state index in [4.69, 9.17) is 0 Å². The van der Waals surface area contributed by atoms with Crippen molar-refractivity contribution in [3.63, 3.8) is 0 Å². The highest BCUT2D eigenvalue weighted by molar-refractivity contribution is 6.13. The lowest BCUT2D eigenvalue weighted by Crippen LogP contribution is -1.87. The fourth-order valence-corrected chi connectivity index (χ4v) is 1.39. The van der Waals surface area contributed by atoms with Crippen LogP contribution in [0.25, 0.3) is 11.6 Å². The molecule has 3 nitrogen and oxygen atoms in total. The lowest BCUT2D eigenvalue weighted by atomic mass is 10.1. The molecule has 0 N–H and O–H groups in total. The van der Waals surface area contributed by atoms with Crippen LogP contribution in [-0.4, -0.2) is 16.5 Å². The Hall–Kier alpha value is -2.36. The number of allylic oxidation sites excluding steroid dienone is 1. The summed E-state index contributed by atoms with van der Waals surface area (Å²) in [5.41, 5.74) is 1.91. The molecule has 1 heterocycles. The van der Waals surface area contributed by atoms with Gasteiger partial charge >= 0.3 is 0 Å². The van der Waals surface area contributed by atoms with E-state index in [0.717, 1.165) is 11.8 Å². The maximum atomic E-state index is 12.8. The van der Waals surface area contributed by atoms with Gasteiger partial charge in [0.2, 0.25) is 0 Å². The van der Waals surface area contributed by atoms with Crippen molar-refractivity contribution in [3.05, 3.63) is 59.7 Å². The minimum atomic E-state index is -0.329. The standard InChI is InChI=1S/C13H9FN2O/c14-13-3-1-11(2-4-13)12(9-17)7-10-5-6-15-16-8-10/h1-9H/b12-7+. The summed E-state index contributed by atoms with van der Waals surface area (Å²) in [4.78, 5) is 11.0. The van der Waals surface area contributed by atoms with E-state index in [2.05, 4.69) is 10.2 Å². The molecule has 1 aromatic heterocycles. The van der Waals surface area contributed by atoms with Crippen LogP contribution in [0.4, 0.5) is 4.39 Å². The Morgan fingerprint density at radius 2 is 1.88 bits per heavy atom. The highest BCUT2D eigenvalue weighted by Crippen LogP contribution is 2.16. The maximum Gasteiger partial charge on any atom is 0.150 e. The van der Waals surface area contributed by atoms with Gasteiger partial charge in [-0.1, -0.05) is 12.1 Å². The van der Waals surface area contributed by atoms with Gasteiger partial charge < -0.3 is 0 Å². The van der Waals surface area contributed by atoms with E-state index in [1.165, 1.54) is 12.1 Å². The minimum absolute atomic E-state index is 0.329. The van der Waals surface area contributed by atoms with Gasteiger partial charge in [-0.15, -0.1) is 0 Å². The quantitative estimate of drug-likeness (QED) is 0.598. The predicted molar refractivity (Wildman–Crippen MR) is 62.4 cm³/mol. The normalized spacial score (nSPS) is 11.2. The van der Waals surface area contributed by atoms with Gasteiger partial charge in [0, 0.05) is 5.57 Å². The molecule has 0 aliphatic carbocycles. The van der Waals surface area contributed by atoms with Crippen molar-refractivity contribution in [2.24, 2.45) is 0 Å². The van der Waals surface area contributed by atoms with Gasteiger partial charge in [-0.2, -0.15) is 10.2 Å². The number of aldehydes is 1. The van der Waals surface area contributed by atoms with Gasteiger partial charge in [-0.3, -0.25) is 4.79 Å². The third-order valence-electron chi connectivity index (χ3n) is 2.23. The topological polar surface area (TPSA) is 42.9 Å². The molecule has 1 aromatic carbocycles. The second kappa shape index (κ2) is 5.12. The molecule has 0 atom stereocenters. The van der Waals surface area contributed by atoms with Crippen LogP contribution in [0.2, 0.25) is 0 Å². The van der Waals surface area contributed by atoms with Crippen molar-refractivity contribution in [2.45, 2.75) is 0 Å². The van der Waals surface area contributed by atoms with Gasteiger partial charge in [0.1, 0.15) is 5.82 Å². The van der Waals surface area contributed by atoms with Crippen LogP contribution >= 0.6 is 0 Å². The molecule has 17 heavy (non-hydrogen) atoms. The summed E-state index contributed by atoms with van der Waals surface area (Å²) in [5, 5.41) is 7.35. The van der Waals surface area contributed by atoms with E-state index in [1.54, 1.807) is 36.7 Å². The van der Waals surface area contributed by atoms with Crippen LogP contribution in [0.15, 0.2) is 42.7 Å². The molecule has 0 aliphatic rings. The third-order valence-corrected chi connectivity index (χ3v) is 2.23. The van der Waals surface area contributed by atoms with Crippen molar-refractivity contribution in [1.29, 1.82) is 0 Å². The number of rotatable bonds is 3. The number of carbonyl (C=O) groups is 1. The highest BCUT2D eigenvalue weighted by atomic mass is 19.1. The lowest BCUT2D eigenvalue weighted by Gasteiger charge is -2.00. The predicted octanol–water partition coefficient (Wildman–Crippen LogP) is 2.36. The number of hydrogen-bond acceptors (Lipinski definition) is 3. The van der Waals surface area contributed by atoms with Crippen molar-refractivity contribution < 1.29 is 9.18 Å². The largest absolute Gasteiger partial charge is 0.298 e. The molecule has 2 aromatic rings. The zero-order valence-electron chi connectivity index (χ0n) is 8.88. The molecule has 0 radical (unpaired) electrons. The fraction of sp³-hybridized carbons (Fsp3) is 0. The molecule has 0 bridgehead atoms. The van der Waals surface area contributed by atoms with Crippen molar-refractivity contribution in [1.82, 2.24) is 10.2 Å². The van der Waals surface area contributed by atoms with E-state index in [0.29, 0.717) is 11.1 Å². The Labute approximate surface area is 97.6 Å². The molecule has 0 saturated carbocycles. The molecule has 0 spiro atoms.